The number of fused-ring (bicyclic) bond motifs is 1. The van der Waals surface area contributed by atoms with Gasteiger partial charge in [0.2, 0.25) is 5.75 Å². The molecule has 1 aliphatic heterocycles. The molecule has 2 aromatic heterocycles. The number of likely N-dealkylation sites (tertiary alicyclic amines) is 1. The summed E-state index contributed by atoms with van der Waals surface area (Å²) in [5.41, 5.74) is 0.888. The largest absolute Gasteiger partial charge is 0.501 e. The Morgan fingerprint density at radius 1 is 1.10 bits per heavy atom. The predicted molar refractivity (Wildman–Crippen MR) is 105 cm³/mol. The van der Waals surface area contributed by atoms with Crippen LogP contribution in [0.15, 0.2) is 47.4 Å². The summed E-state index contributed by atoms with van der Waals surface area (Å²) in [5, 5.41) is 12.8. The molecule has 2 N–H and O–H groups in total. The summed E-state index contributed by atoms with van der Waals surface area (Å²) in [4.78, 5) is 31.5. The molecule has 0 aliphatic carbocycles. The highest BCUT2D eigenvalue weighted by Gasteiger charge is 2.19. The van der Waals surface area contributed by atoms with E-state index in [0.29, 0.717) is 5.56 Å². The van der Waals surface area contributed by atoms with E-state index in [2.05, 4.69) is 15.2 Å². The first-order valence-corrected chi connectivity index (χ1v) is 9.50. The maximum Gasteiger partial charge on any atom is 0.300 e. The van der Waals surface area contributed by atoms with Crippen molar-refractivity contribution in [2.45, 2.75) is 25.9 Å². The first-order valence-electron chi connectivity index (χ1n) is 9.50. The topological polar surface area (TPSA) is 86.9 Å². The van der Waals surface area contributed by atoms with Gasteiger partial charge in [0.15, 0.2) is 5.69 Å². The van der Waals surface area contributed by atoms with E-state index in [4.69, 9.17) is 0 Å². The van der Waals surface area contributed by atoms with Crippen LogP contribution in [0.5, 0.6) is 5.75 Å². The number of hydrogen-bond donors (Lipinski definition) is 2. The molecule has 1 fully saturated rings. The molecule has 1 aliphatic rings. The fraction of sp³-hybridized carbons (Fsp3) is 0.286. The van der Waals surface area contributed by atoms with Gasteiger partial charge >= 0.3 is 5.56 Å². The standard InChI is InChI=1S/C21H21FN4O3/c22-16-6-3-14(4-7-16)11-23-20(28)18-19(27)21(29)26-13-15(5-8-17(26)24-18)12-25-9-1-2-10-25/h3-8,13,27H,1-2,9-12H2,(H,23,28). The highest BCUT2D eigenvalue weighted by atomic mass is 19.1. The lowest BCUT2D eigenvalue weighted by Gasteiger charge is -2.15. The molecule has 0 radical (unpaired) electrons. The molecule has 29 heavy (non-hydrogen) atoms. The number of rotatable bonds is 5. The highest BCUT2D eigenvalue weighted by molar-refractivity contribution is 5.95. The number of pyridine rings is 1. The summed E-state index contributed by atoms with van der Waals surface area (Å²) < 4.78 is 14.2. The van der Waals surface area contributed by atoms with E-state index in [1.807, 2.05) is 6.07 Å². The molecule has 3 aromatic rings. The van der Waals surface area contributed by atoms with E-state index in [-0.39, 0.29) is 23.7 Å². The van der Waals surface area contributed by atoms with Gasteiger partial charge in [-0.2, -0.15) is 0 Å². The van der Waals surface area contributed by atoms with E-state index in [1.165, 1.54) is 29.4 Å². The lowest BCUT2D eigenvalue weighted by atomic mass is 10.2. The Morgan fingerprint density at radius 3 is 2.52 bits per heavy atom. The van der Waals surface area contributed by atoms with E-state index >= 15 is 0 Å². The quantitative estimate of drug-likeness (QED) is 0.690. The van der Waals surface area contributed by atoms with E-state index < -0.39 is 17.2 Å². The van der Waals surface area contributed by atoms with Crippen molar-refractivity contribution in [3.05, 3.63) is 75.6 Å². The van der Waals surface area contributed by atoms with Crippen molar-refractivity contribution < 1.29 is 14.3 Å². The number of aromatic nitrogens is 2. The van der Waals surface area contributed by atoms with Crippen LogP contribution in [0.3, 0.4) is 0 Å². The van der Waals surface area contributed by atoms with Crippen molar-refractivity contribution in [2.75, 3.05) is 13.1 Å². The number of amides is 1. The second kappa shape index (κ2) is 8.00. The first kappa shape index (κ1) is 19.1. The average Bonchev–Trinajstić information content (AvgIpc) is 3.23. The van der Waals surface area contributed by atoms with Crippen molar-refractivity contribution in [2.24, 2.45) is 0 Å². The van der Waals surface area contributed by atoms with Crippen molar-refractivity contribution in [1.82, 2.24) is 19.6 Å². The Hall–Kier alpha value is -3.26. The molecule has 7 nitrogen and oxygen atoms in total. The smallest absolute Gasteiger partial charge is 0.300 e. The van der Waals surface area contributed by atoms with E-state index in [0.717, 1.165) is 25.2 Å². The fourth-order valence-corrected chi connectivity index (χ4v) is 3.49. The van der Waals surface area contributed by atoms with Crippen molar-refractivity contribution >= 4 is 11.6 Å². The molecule has 3 heterocycles. The molecule has 150 valence electrons. The summed E-state index contributed by atoms with van der Waals surface area (Å²) >= 11 is 0. The molecule has 0 unspecified atom stereocenters. The molecule has 1 amide bonds. The van der Waals surface area contributed by atoms with Crippen LogP contribution < -0.4 is 10.9 Å². The predicted octanol–water partition coefficient (Wildman–Crippen LogP) is 2.06. The van der Waals surface area contributed by atoms with Crippen LogP contribution in [0.4, 0.5) is 4.39 Å². The van der Waals surface area contributed by atoms with E-state index in [1.54, 1.807) is 24.4 Å². The minimum atomic E-state index is -0.697. The second-order valence-corrected chi connectivity index (χ2v) is 7.17. The summed E-state index contributed by atoms with van der Waals surface area (Å²) in [5.74, 6) is -1.74. The molecular formula is C21H21FN4O3. The van der Waals surface area contributed by atoms with E-state index in [9.17, 15) is 19.1 Å². The minimum Gasteiger partial charge on any atom is -0.501 e. The van der Waals surface area contributed by atoms with Gasteiger partial charge in [0.25, 0.3) is 5.91 Å². The molecular weight excluding hydrogens is 375 g/mol. The summed E-state index contributed by atoms with van der Waals surface area (Å²) in [7, 11) is 0. The molecule has 4 rings (SSSR count). The van der Waals surface area contributed by atoms with Gasteiger partial charge in [-0.3, -0.25) is 18.9 Å². The average molecular weight is 396 g/mol. The van der Waals surface area contributed by atoms with Crippen molar-refractivity contribution in [3.63, 3.8) is 0 Å². The van der Waals surface area contributed by atoms with Crippen LogP contribution in [0, 0.1) is 5.82 Å². The Morgan fingerprint density at radius 2 is 1.79 bits per heavy atom. The van der Waals surface area contributed by atoms with Gasteiger partial charge in [0.05, 0.1) is 0 Å². The third-order valence-electron chi connectivity index (χ3n) is 5.05. The zero-order chi connectivity index (χ0) is 20.4. The number of benzene rings is 1. The SMILES string of the molecule is O=C(NCc1ccc(F)cc1)c1nc2ccc(CN3CCCC3)cn2c(=O)c1O. The molecule has 0 spiro atoms. The number of halogens is 1. The van der Waals surface area contributed by atoms with Gasteiger partial charge in [-0.1, -0.05) is 18.2 Å². The third-order valence-corrected chi connectivity index (χ3v) is 5.05. The van der Waals surface area contributed by atoms with Crippen LogP contribution in [0.25, 0.3) is 5.65 Å². The normalized spacial score (nSPS) is 14.4. The lowest BCUT2D eigenvalue weighted by Crippen LogP contribution is -2.27. The lowest BCUT2D eigenvalue weighted by molar-refractivity contribution is 0.0942. The van der Waals surface area contributed by atoms with Crippen LogP contribution in [-0.4, -0.2) is 38.4 Å². The number of nitrogens with zero attached hydrogens (tertiary/aromatic N) is 3. The molecule has 0 atom stereocenters. The molecule has 8 heteroatoms. The van der Waals surface area contributed by atoms with Gasteiger partial charge in [-0.25, -0.2) is 9.37 Å². The third kappa shape index (κ3) is 4.12. The van der Waals surface area contributed by atoms with Gasteiger partial charge in [0, 0.05) is 19.3 Å². The second-order valence-electron chi connectivity index (χ2n) is 7.17. The zero-order valence-electron chi connectivity index (χ0n) is 15.8. The Kier molecular flexibility index (Phi) is 5.26. The van der Waals surface area contributed by atoms with Gasteiger partial charge in [-0.15, -0.1) is 0 Å². The summed E-state index contributed by atoms with van der Waals surface area (Å²) in [6, 6.07) is 9.21. The maximum atomic E-state index is 13.0. The number of nitrogens with one attached hydrogen (secondary N) is 1. The Balaban J connectivity index is 1.56. The first-order chi connectivity index (χ1) is 14.0. The van der Waals surface area contributed by atoms with Crippen LogP contribution >= 0.6 is 0 Å². The van der Waals surface area contributed by atoms with Gasteiger partial charge < -0.3 is 10.4 Å². The van der Waals surface area contributed by atoms with Crippen molar-refractivity contribution in [3.8, 4) is 5.75 Å². The monoisotopic (exact) mass is 396 g/mol. The van der Waals surface area contributed by atoms with Crippen LogP contribution in [0.1, 0.15) is 34.5 Å². The van der Waals surface area contributed by atoms with Crippen LogP contribution in [-0.2, 0) is 13.1 Å². The molecule has 1 saturated heterocycles. The Bertz CT molecular complexity index is 1110. The summed E-state index contributed by atoms with van der Waals surface area (Å²) in [6.07, 6.45) is 4.00. The van der Waals surface area contributed by atoms with Crippen LogP contribution in [0.2, 0.25) is 0 Å². The van der Waals surface area contributed by atoms with Gasteiger partial charge in [0.1, 0.15) is 11.5 Å². The molecule has 0 bridgehead atoms. The molecule has 0 saturated carbocycles. The number of hydrogen-bond acceptors (Lipinski definition) is 5. The fourth-order valence-electron chi connectivity index (χ4n) is 3.49. The maximum absolute atomic E-state index is 13.0. The zero-order valence-corrected chi connectivity index (χ0v) is 15.8. The van der Waals surface area contributed by atoms with Crippen molar-refractivity contribution in [1.29, 1.82) is 0 Å². The Labute approximate surface area is 166 Å². The number of carbonyl (C=O) groups excluding carboxylic acids is 1. The highest BCUT2D eigenvalue weighted by Crippen LogP contribution is 2.15. The van der Waals surface area contributed by atoms with Gasteiger partial charge in [-0.05, 0) is 55.3 Å². The minimum absolute atomic E-state index is 0.119. The summed E-state index contributed by atoms with van der Waals surface area (Å²) in [6.45, 7) is 2.91. The molecule has 1 aromatic carbocycles. The number of carbonyl (C=O) groups is 1. The number of aromatic hydroxyl groups is 1.